The number of esters is 2. The lowest BCUT2D eigenvalue weighted by molar-refractivity contribution is 0.0513. The topological polar surface area (TPSA) is 139 Å². The van der Waals surface area contributed by atoms with E-state index in [0.29, 0.717) is 28.1 Å². The van der Waals surface area contributed by atoms with Crippen LogP contribution in [0, 0.1) is 25.2 Å². The van der Waals surface area contributed by atoms with E-state index in [2.05, 4.69) is 21.5 Å². The molecule has 10 nitrogen and oxygen atoms in total. The van der Waals surface area contributed by atoms with Crippen molar-refractivity contribution < 1.29 is 24.2 Å². The van der Waals surface area contributed by atoms with Crippen LogP contribution in [0.5, 0.6) is 0 Å². The summed E-state index contributed by atoms with van der Waals surface area (Å²) in [5.41, 5.74) is 4.77. The van der Waals surface area contributed by atoms with Crippen LogP contribution in [-0.2, 0) is 22.6 Å². The van der Waals surface area contributed by atoms with Crippen molar-refractivity contribution in [3.05, 3.63) is 75.2 Å². The monoisotopic (exact) mass is 475 g/mol. The number of carbonyl (C=O) groups excluding carboxylic acids is 2. The molecule has 2 N–H and O–H groups in total. The number of aliphatic hydroxyl groups excluding tert-OH is 1. The zero-order valence-electron chi connectivity index (χ0n) is 19.7. The van der Waals surface area contributed by atoms with Crippen molar-refractivity contribution in [1.29, 1.82) is 5.26 Å². The number of rotatable bonds is 8. The molecule has 2 aromatic heterocycles. The number of fused-ring (bicyclic) bond motifs is 1. The van der Waals surface area contributed by atoms with E-state index in [-0.39, 0.29) is 38.0 Å². The van der Waals surface area contributed by atoms with E-state index < -0.39 is 12.1 Å². The maximum atomic E-state index is 12.5. The Kier molecular flexibility index (Phi) is 6.91. The van der Waals surface area contributed by atoms with Crippen molar-refractivity contribution in [2.24, 2.45) is 0 Å². The molecule has 3 heterocycles. The summed E-state index contributed by atoms with van der Waals surface area (Å²) in [6.07, 6.45) is 2.30. The number of nitrogens with one attached hydrogen (secondary N) is 1. The molecule has 1 aliphatic rings. The molecule has 0 fully saturated rings. The van der Waals surface area contributed by atoms with E-state index in [0.717, 1.165) is 16.7 Å². The molecular formula is C25H25N5O5. The van der Waals surface area contributed by atoms with E-state index in [1.165, 1.54) is 10.9 Å². The molecule has 10 heteroatoms. The van der Waals surface area contributed by atoms with Crippen LogP contribution in [-0.4, -0.2) is 45.0 Å². The average Bonchev–Trinajstić information content (AvgIpc) is 3.44. The van der Waals surface area contributed by atoms with E-state index in [4.69, 9.17) is 14.7 Å². The van der Waals surface area contributed by atoms with Gasteiger partial charge in [0.15, 0.2) is 11.5 Å². The molecule has 0 aliphatic carbocycles. The van der Waals surface area contributed by atoms with Gasteiger partial charge in [0.05, 0.1) is 23.8 Å². The first-order valence-electron chi connectivity index (χ1n) is 11.1. The molecule has 4 rings (SSSR count). The van der Waals surface area contributed by atoms with Gasteiger partial charge >= 0.3 is 11.9 Å². The molecule has 3 aromatic rings. The number of carbonyl (C=O) groups is 2. The second-order valence-corrected chi connectivity index (χ2v) is 8.17. The first-order chi connectivity index (χ1) is 16.8. The highest BCUT2D eigenvalue weighted by Gasteiger charge is 2.26. The van der Waals surface area contributed by atoms with Crippen LogP contribution in [0.4, 0.5) is 0 Å². The van der Waals surface area contributed by atoms with Gasteiger partial charge in [-0.25, -0.2) is 19.3 Å². The molecule has 180 valence electrons. The van der Waals surface area contributed by atoms with Crippen LogP contribution in [0.1, 0.15) is 67.3 Å². The summed E-state index contributed by atoms with van der Waals surface area (Å²) >= 11 is 0. The third kappa shape index (κ3) is 4.77. The molecule has 0 radical (unpaired) electrons. The fourth-order valence-electron chi connectivity index (χ4n) is 3.99. The maximum absolute atomic E-state index is 12.5. The van der Waals surface area contributed by atoms with Gasteiger partial charge in [0.1, 0.15) is 12.7 Å². The zero-order chi connectivity index (χ0) is 25.1. The highest BCUT2D eigenvalue weighted by atomic mass is 16.5. The Morgan fingerprint density at radius 2 is 2.20 bits per heavy atom. The van der Waals surface area contributed by atoms with Crippen LogP contribution in [0.2, 0.25) is 0 Å². The van der Waals surface area contributed by atoms with E-state index in [1.54, 1.807) is 38.2 Å². The van der Waals surface area contributed by atoms with Crippen molar-refractivity contribution >= 4 is 11.9 Å². The molecule has 0 saturated carbocycles. The smallest absolute Gasteiger partial charge is 0.359 e. The molecule has 1 atom stereocenters. The zero-order valence-corrected chi connectivity index (χ0v) is 19.7. The second kappa shape index (κ2) is 10.0. The van der Waals surface area contributed by atoms with E-state index in [1.807, 2.05) is 6.92 Å². The fourth-order valence-corrected chi connectivity index (χ4v) is 3.99. The number of hydrogen-bond donors (Lipinski definition) is 2. The molecule has 0 amide bonds. The lowest BCUT2D eigenvalue weighted by atomic mass is 9.95. The van der Waals surface area contributed by atoms with Gasteiger partial charge in [-0.3, -0.25) is 0 Å². The van der Waals surface area contributed by atoms with Crippen molar-refractivity contribution in [2.45, 2.75) is 40.0 Å². The van der Waals surface area contributed by atoms with Crippen molar-refractivity contribution in [1.82, 2.24) is 20.1 Å². The lowest BCUT2D eigenvalue weighted by Crippen LogP contribution is -2.23. The maximum Gasteiger partial charge on any atom is 0.359 e. The number of nitrogens with zero attached hydrogens (tertiary/aromatic N) is 4. The standard InChI is InChI=1S/C25H25N5O5/c1-4-34-25(33)23-17(12-30(29-23)22-7-14(2)16(8-26)10-28-22)9-27-11-21(31)18-5-6-19-20(15(18)3)13-35-24(19)32/h5-7,10,12,21,27,31H,4,9,11,13H2,1-3H3. The normalized spacial score (nSPS) is 13.2. The van der Waals surface area contributed by atoms with Crippen LogP contribution < -0.4 is 5.32 Å². The Labute approximate surface area is 202 Å². The summed E-state index contributed by atoms with van der Waals surface area (Å²) in [7, 11) is 0. The SMILES string of the molecule is CCOC(=O)c1nn(-c2cc(C)c(C#N)cn2)cc1CNCC(O)c1ccc2c(c1C)COC2=O. The minimum absolute atomic E-state index is 0.141. The molecule has 0 saturated heterocycles. The van der Waals surface area contributed by atoms with Crippen molar-refractivity contribution in [2.75, 3.05) is 13.2 Å². The minimum atomic E-state index is -0.833. The summed E-state index contributed by atoms with van der Waals surface area (Å²) in [6, 6.07) is 7.19. The number of aryl methyl sites for hydroxylation is 1. The van der Waals surface area contributed by atoms with Crippen LogP contribution in [0.25, 0.3) is 5.82 Å². The van der Waals surface area contributed by atoms with Gasteiger partial charge in [0.2, 0.25) is 0 Å². The number of pyridine rings is 1. The Hall–Kier alpha value is -4.07. The van der Waals surface area contributed by atoms with E-state index in [9.17, 15) is 14.7 Å². The summed E-state index contributed by atoms with van der Waals surface area (Å²) in [5.74, 6) is -0.449. The van der Waals surface area contributed by atoms with Gasteiger partial charge in [0.25, 0.3) is 0 Å². The van der Waals surface area contributed by atoms with E-state index >= 15 is 0 Å². The lowest BCUT2D eigenvalue weighted by Gasteiger charge is -2.16. The Balaban J connectivity index is 1.51. The van der Waals surface area contributed by atoms with Crippen molar-refractivity contribution in [3.63, 3.8) is 0 Å². The van der Waals surface area contributed by atoms with Gasteiger partial charge in [-0.05, 0) is 49.6 Å². The average molecular weight is 476 g/mol. The summed E-state index contributed by atoms with van der Waals surface area (Å²) < 4.78 is 11.7. The highest BCUT2D eigenvalue weighted by molar-refractivity contribution is 5.94. The predicted octanol–water partition coefficient (Wildman–Crippen LogP) is 2.43. The fraction of sp³-hybridized carbons (Fsp3) is 0.320. The number of cyclic esters (lactones) is 1. The third-order valence-electron chi connectivity index (χ3n) is 5.93. The van der Waals surface area contributed by atoms with Gasteiger partial charge in [-0.15, -0.1) is 0 Å². The first kappa shape index (κ1) is 24.1. The molecule has 35 heavy (non-hydrogen) atoms. The number of nitriles is 1. The Morgan fingerprint density at radius 3 is 2.91 bits per heavy atom. The minimum Gasteiger partial charge on any atom is -0.461 e. The van der Waals surface area contributed by atoms with Gasteiger partial charge in [-0.2, -0.15) is 10.4 Å². The number of aliphatic hydroxyl groups is 1. The molecule has 1 aromatic carbocycles. The largest absolute Gasteiger partial charge is 0.461 e. The van der Waals surface area contributed by atoms with Crippen LogP contribution in [0.3, 0.4) is 0 Å². The van der Waals surface area contributed by atoms with Crippen molar-refractivity contribution in [3.8, 4) is 11.9 Å². The third-order valence-corrected chi connectivity index (χ3v) is 5.93. The van der Waals surface area contributed by atoms with Gasteiger partial charge in [-0.1, -0.05) is 6.07 Å². The quantitative estimate of drug-likeness (QED) is 0.470. The number of hydrogen-bond acceptors (Lipinski definition) is 9. The Bertz CT molecular complexity index is 1340. The second-order valence-electron chi connectivity index (χ2n) is 8.17. The number of benzene rings is 1. The number of ether oxygens (including phenoxy) is 2. The molecule has 0 spiro atoms. The molecule has 1 unspecified atom stereocenters. The predicted molar refractivity (Wildman–Crippen MR) is 124 cm³/mol. The molecule has 1 aliphatic heterocycles. The summed E-state index contributed by atoms with van der Waals surface area (Å²) in [4.78, 5) is 28.5. The van der Waals surface area contributed by atoms with Crippen LogP contribution >= 0.6 is 0 Å². The number of aromatic nitrogens is 3. The first-order valence-corrected chi connectivity index (χ1v) is 11.1. The van der Waals surface area contributed by atoms with Gasteiger partial charge < -0.3 is 19.9 Å². The van der Waals surface area contributed by atoms with Crippen LogP contribution in [0.15, 0.2) is 30.6 Å². The summed E-state index contributed by atoms with van der Waals surface area (Å²) in [5, 5.41) is 27.4. The molecular weight excluding hydrogens is 450 g/mol. The summed E-state index contributed by atoms with van der Waals surface area (Å²) in [6.45, 7) is 6.23. The Morgan fingerprint density at radius 1 is 1.40 bits per heavy atom. The highest BCUT2D eigenvalue weighted by Crippen LogP contribution is 2.29. The molecule has 0 bridgehead atoms. The van der Waals surface area contributed by atoms with Gasteiger partial charge in [0, 0.05) is 36.6 Å².